The molecule has 1 atom stereocenters. The Bertz CT molecular complexity index is 1420. The van der Waals surface area contributed by atoms with Crippen molar-refractivity contribution in [3.05, 3.63) is 89.7 Å². The number of hydrogen-bond donors (Lipinski definition) is 1. The standard InChI is InChI=1S/C26H26ClN5O2S/c1-19(31-15-17-32(18-16-31)35(33,34)22-13-11-20(27)12-14-22)25-29-24-10-6-5-9-23(24)26(30-25)28-21-7-3-2-4-8-21/h2-14,19H,15-18H2,1H3,(H,28,29,30)/t19-/m1/s1. The molecule has 2 heterocycles. The fourth-order valence-corrected chi connectivity index (χ4v) is 5.83. The quantitative estimate of drug-likeness (QED) is 0.391. The minimum atomic E-state index is -3.56. The number of halogens is 1. The zero-order valence-electron chi connectivity index (χ0n) is 19.3. The summed E-state index contributed by atoms with van der Waals surface area (Å²) in [5.74, 6) is 1.46. The van der Waals surface area contributed by atoms with Gasteiger partial charge < -0.3 is 5.32 Å². The normalized spacial score (nSPS) is 16.3. The molecular formula is C26H26ClN5O2S. The second-order valence-electron chi connectivity index (χ2n) is 8.51. The first-order valence-electron chi connectivity index (χ1n) is 11.5. The van der Waals surface area contributed by atoms with Crippen molar-refractivity contribution in [1.82, 2.24) is 19.2 Å². The molecule has 180 valence electrons. The lowest BCUT2D eigenvalue weighted by Crippen LogP contribution is -2.49. The van der Waals surface area contributed by atoms with Gasteiger partial charge in [-0.3, -0.25) is 4.90 Å². The van der Waals surface area contributed by atoms with Gasteiger partial charge in [0, 0.05) is 42.3 Å². The largest absolute Gasteiger partial charge is 0.340 e. The minimum Gasteiger partial charge on any atom is -0.340 e. The second-order valence-corrected chi connectivity index (χ2v) is 10.9. The molecule has 0 bridgehead atoms. The maximum atomic E-state index is 13.0. The number of para-hydroxylation sites is 2. The van der Waals surface area contributed by atoms with Gasteiger partial charge in [-0.2, -0.15) is 4.31 Å². The van der Waals surface area contributed by atoms with Gasteiger partial charge in [-0.1, -0.05) is 41.9 Å². The lowest BCUT2D eigenvalue weighted by Gasteiger charge is -2.36. The highest BCUT2D eigenvalue weighted by molar-refractivity contribution is 7.89. The Morgan fingerprint density at radius 1 is 0.857 bits per heavy atom. The summed E-state index contributed by atoms with van der Waals surface area (Å²) >= 11 is 5.92. The average Bonchev–Trinajstić information content (AvgIpc) is 2.89. The summed E-state index contributed by atoms with van der Waals surface area (Å²) in [6, 6.07) is 24.1. The first-order chi connectivity index (χ1) is 16.9. The summed E-state index contributed by atoms with van der Waals surface area (Å²) in [5.41, 5.74) is 1.82. The Morgan fingerprint density at radius 2 is 1.51 bits per heavy atom. The molecule has 0 spiro atoms. The summed E-state index contributed by atoms with van der Waals surface area (Å²) in [5, 5.41) is 4.89. The summed E-state index contributed by atoms with van der Waals surface area (Å²) in [4.78, 5) is 12.2. The zero-order valence-corrected chi connectivity index (χ0v) is 20.9. The molecule has 1 aliphatic heterocycles. The van der Waals surface area contributed by atoms with E-state index < -0.39 is 10.0 Å². The van der Waals surface area contributed by atoms with Gasteiger partial charge in [0.15, 0.2) is 0 Å². The van der Waals surface area contributed by atoms with E-state index in [1.54, 1.807) is 24.3 Å². The van der Waals surface area contributed by atoms with Gasteiger partial charge in [-0.15, -0.1) is 0 Å². The molecule has 1 aliphatic rings. The van der Waals surface area contributed by atoms with E-state index in [2.05, 4.69) is 17.1 Å². The van der Waals surface area contributed by atoms with E-state index in [-0.39, 0.29) is 10.9 Å². The third-order valence-corrected chi connectivity index (χ3v) is 8.47. The fourth-order valence-electron chi connectivity index (χ4n) is 4.29. The molecule has 0 amide bonds. The minimum absolute atomic E-state index is 0.0729. The molecule has 0 aliphatic carbocycles. The zero-order chi connectivity index (χ0) is 24.4. The first-order valence-corrected chi connectivity index (χ1v) is 13.3. The molecular weight excluding hydrogens is 482 g/mol. The topological polar surface area (TPSA) is 78.4 Å². The molecule has 7 nitrogen and oxygen atoms in total. The van der Waals surface area contributed by atoms with Crippen LogP contribution in [-0.2, 0) is 10.0 Å². The van der Waals surface area contributed by atoms with Crippen molar-refractivity contribution >= 4 is 44.0 Å². The highest BCUT2D eigenvalue weighted by atomic mass is 35.5. The number of rotatable bonds is 6. The van der Waals surface area contributed by atoms with Crippen LogP contribution in [0.1, 0.15) is 18.8 Å². The smallest absolute Gasteiger partial charge is 0.243 e. The van der Waals surface area contributed by atoms with Crippen molar-refractivity contribution in [2.45, 2.75) is 17.9 Å². The van der Waals surface area contributed by atoms with E-state index in [0.717, 1.165) is 22.4 Å². The number of aromatic nitrogens is 2. The Kier molecular flexibility index (Phi) is 6.71. The van der Waals surface area contributed by atoms with Crippen molar-refractivity contribution in [2.75, 3.05) is 31.5 Å². The first kappa shape index (κ1) is 23.7. The third kappa shape index (κ3) is 5.01. The highest BCUT2D eigenvalue weighted by Crippen LogP contribution is 2.28. The Hall–Kier alpha value is -3.04. The van der Waals surface area contributed by atoms with E-state index in [4.69, 9.17) is 21.6 Å². The van der Waals surface area contributed by atoms with E-state index in [9.17, 15) is 8.42 Å². The molecule has 35 heavy (non-hydrogen) atoms. The van der Waals surface area contributed by atoms with Gasteiger partial charge in [-0.25, -0.2) is 18.4 Å². The van der Waals surface area contributed by atoms with Crippen LogP contribution in [-0.4, -0.2) is 53.8 Å². The monoisotopic (exact) mass is 507 g/mol. The number of sulfonamides is 1. The van der Waals surface area contributed by atoms with Crippen molar-refractivity contribution in [2.24, 2.45) is 0 Å². The van der Waals surface area contributed by atoms with Crippen LogP contribution in [0.25, 0.3) is 10.9 Å². The molecule has 0 saturated carbocycles. The van der Waals surface area contributed by atoms with Gasteiger partial charge in [0.2, 0.25) is 10.0 Å². The number of hydrogen-bond acceptors (Lipinski definition) is 6. The van der Waals surface area contributed by atoms with Gasteiger partial charge in [-0.05, 0) is 55.5 Å². The molecule has 1 fully saturated rings. The van der Waals surface area contributed by atoms with E-state index >= 15 is 0 Å². The number of nitrogens with zero attached hydrogens (tertiary/aromatic N) is 4. The van der Waals surface area contributed by atoms with Crippen LogP contribution in [0.2, 0.25) is 5.02 Å². The summed E-state index contributed by atoms with van der Waals surface area (Å²) in [6.07, 6.45) is 0. The van der Waals surface area contributed by atoms with Crippen molar-refractivity contribution in [3.8, 4) is 0 Å². The van der Waals surface area contributed by atoms with Crippen LogP contribution in [0.3, 0.4) is 0 Å². The van der Waals surface area contributed by atoms with E-state index in [1.165, 1.54) is 4.31 Å². The molecule has 1 N–H and O–H groups in total. The number of fused-ring (bicyclic) bond motifs is 1. The number of benzene rings is 3. The lowest BCUT2D eigenvalue weighted by atomic mass is 10.2. The number of piperazine rings is 1. The molecule has 0 radical (unpaired) electrons. The summed E-state index contributed by atoms with van der Waals surface area (Å²) in [6.45, 7) is 4.05. The molecule has 1 saturated heterocycles. The molecule has 5 rings (SSSR count). The van der Waals surface area contributed by atoms with Gasteiger partial charge >= 0.3 is 0 Å². The van der Waals surface area contributed by atoms with Crippen molar-refractivity contribution < 1.29 is 8.42 Å². The molecule has 4 aromatic rings. The van der Waals surface area contributed by atoms with Gasteiger partial charge in [0.25, 0.3) is 0 Å². The predicted molar refractivity (Wildman–Crippen MR) is 139 cm³/mol. The van der Waals surface area contributed by atoms with Crippen LogP contribution in [0.4, 0.5) is 11.5 Å². The van der Waals surface area contributed by atoms with Crippen LogP contribution < -0.4 is 5.32 Å². The maximum absolute atomic E-state index is 13.0. The van der Waals surface area contributed by atoms with Crippen molar-refractivity contribution in [1.29, 1.82) is 0 Å². The molecule has 9 heteroatoms. The molecule has 1 aromatic heterocycles. The van der Waals surface area contributed by atoms with Gasteiger partial charge in [0.05, 0.1) is 16.5 Å². The predicted octanol–water partition coefficient (Wildman–Crippen LogP) is 5.09. The van der Waals surface area contributed by atoms with E-state index in [1.807, 2.05) is 54.6 Å². The number of anilines is 2. The highest BCUT2D eigenvalue weighted by Gasteiger charge is 2.31. The van der Waals surface area contributed by atoms with Crippen LogP contribution in [0.15, 0.2) is 83.8 Å². The average molecular weight is 508 g/mol. The number of nitrogens with one attached hydrogen (secondary N) is 1. The van der Waals surface area contributed by atoms with Crippen molar-refractivity contribution in [3.63, 3.8) is 0 Å². The summed E-state index contributed by atoms with van der Waals surface area (Å²) < 4.78 is 27.6. The van der Waals surface area contributed by atoms with Gasteiger partial charge in [0.1, 0.15) is 11.6 Å². The fraction of sp³-hybridized carbons (Fsp3) is 0.231. The van der Waals surface area contributed by atoms with Crippen LogP contribution in [0, 0.1) is 0 Å². The lowest BCUT2D eigenvalue weighted by molar-refractivity contribution is 0.141. The SMILES string of the molecule is C[C@H](c1nc(Nc2ccccc2)c2ccccc2n1)N1CCN(S(=O)(=O)c2ccc(Cl)cc2)CC1. The molecule has 0 unspecified atom stereocenters. The second kappa shape index (κ2) is 9.91. The summed E-state index contributed by atoms with van der Waals surface area (Å²) in [7, 11) is -3.56. The maximum Gasteiger partial charge on any atom is 0.243 e. The van der Waals surface area contributed by atoms with Crippen LogP contribution >= 0.6 is 11.6 Å². The van der Waals surface area contributed by atoms with Crippen LogP contribution in [0.5, 0.6) is 0 Å². The van der Waals surface area contributed by atoms with E-state index in [0.29, 0.717) is 37.0 Å². The Balaban J connectivity index is 1.35. The third-order valence-electron chi connectivity index (χ3n) is 6.30. The Labute approximate surface area is 210 Å². The Morgan fingerprint density at radius 3 is 2.23 bits per heavy atom. The molecule has 3 aromatic carbocycles.